The number of ether oxygens (including phenoxy) is 1. The molecule has 1 unspecified atom stereocenters. The standard InChI is InChI=1S/C15H21FN2O2/c1-15(2,3)20-14(19)18-10-6-7-12(16)11(9-10)13-5-4-8-17-13/h6-7,9,13,17H,4-5,8H2,1-3H3,(H,18,19). The molecule has 5 heteroatoms. The third kappa shape index (κ3) is 3.93. The summed E-state index contributed by atoms with van der Waals surface area (Å²) in [6.07, 6.45) is 1.41. The van der Waals surface area contributed by atoms with Crippen LogP contribution in [0, 0.1) is 5.82 Å². The van der Waals surface area contributed by atoms with Gasteiger partial charge in [0.15, 0.2) is 0 Å². The summed E-state index contributed by atoms with van der Waals surface area (Å²) in [5.41, 5.74) is 0.584. The molecule has 1 aromatic rings. The first-order valence-corrected chi connectivity index (χ1v) is 6.88. The second-order valence-electron chi connectivity index (χ2n) is 6.01. The number of anilines is 1. The molecule has 1 atom stereocenters. The van der Waals surface area contributed by atoms with E-state index in [1.165, 1.54) is 12.1 Å². The highest BCUT2D eigenvalue weighted by molar-refractivity contribution is 5.85. The van der Waals surface area contributed by atoms with Crippen LogP contribution in [0.3, 0.4) is 0 Å². The monoisotopic (exact) mass is 280 g/mol. The molecule has 110 valence electrons. The Kier molecular flexibility index (Phi) is 4.28. The predicted octanol–water partition coefficient (Wildman–Crippen LogP) is 3.60. The third-order valence-electron chi connectivity index (χ3n) is 3.08. The Morgan fingerprint density at radius 3 is 2.80 bits per heavy atom. The lowest BCUT2D eigenvalue weighted by atomic mass is 10.0. The van der Waals surface area contributed by atoms with Crippen molar-refractivity contribution in [2.45, 2.75) is 45.3 Å². The van der Waals surface area contributed by atoms with Gasteiger partial charge in [-0.1, -0.05) is 0 Å². The molecular formula is C15H21FN2O2. The quantitative estimate of drug-likeness (QED) is 0.870. The number of benzene rings is 1. The van der Waals surface area contributed by atoms with Crippen LogP contribution in [-0.4, -0.2) is 18.2 Å². The zero-order valence-corrected chi connectivity index (χ0v) is 12.1. The normalized spacial score (nSPS) is 18.9. The molecule has 0 saturated carbocycles. The van der Waals surface area contributed by atoms with Crippen molar-refractivity contribution in [2.24, 2.45) is 0 Å². The number of rotatable bonds is 2. The first kappa shape index (κ1) is 14.8. The van der Waals surface area contributed by atoms with Crippen LogP contribution >= 0.6 is 0 Å². The van der Waals surface area contributed by atoms with Crippen LogP contribution in [0.2, 0.25) is 0 Å². The number of hydrogen-bond acceptors (Lipinski definition) is 3. The molecule has 1 fully saturated rings. The number of halogens is 1. The molecule has 0 bridgehead atoms. The van der Waals surface area contributed by atoms with Crippen molar-refractivity contribution in [3.63, 3.8) is 0 Å². The van der Waals surface area contributed by atoms with Crippen molar-refractivity contribution in [2.75, 3.05) is 11.9 Å². The summed E-state index contributed by atoms with van der Waals surface area (Å²) < 4.78 is 19.0. The Bertz CT molecular complexity index is 491. The molecule has 1 aromatic carbocycles. The van der Waals surface area contributed by atoms with E-state index in [0.717, 1.165) is 19.4 Å². The van der Waals surface area contributed by atoms with Crippen molar-refractivity contribution in [1.82, 2.24) is 5.32 Å². The van der Waals surface area contributed by atoms with Gasteiger partial charge in [0, 0.05) is 17.3 Å². The summed E-state index contributed by atoms with van der Waals surface area (Å²) in [6, 6.07) is 4.61. The van der Waals surface area contributed by atoms with Gasteiger partial charge in [-0.05, 0) is 58.4 Å². The molecule has 1 aliphatic heterocycles. The number of amides is 1. The van der Waals surface area contributed by atoms with Crippen LogP contribution in [0.25, 0.3) is 0 Å². The van der Waals surface area contributed by atoms with E-state index in [9.17, 15) is 9.18 Å². The minimum atomic E-state index is -0.556. The van der Waals surface area contributed by atoms with Gasteiger partial charge in [0.1, 0.15) is 11.4 Å². The van der Waals surface area contributed by atoms with Gasteiger partial charge in [0.05, 0.1) is 0 Å². The van der Waals surface area contributed by atoms with E-state index in [0.29, 0.717) is 11.3 Å². The van der Waals surface area contributed by atoms with E-state index in [-0.39, 0.29) is 11.9 Å². The zero-order valence-electron chi connectivity index (χ0n) is 12.1. The lowest BCUT2D eigenvalue weighted by Gasteiger charge is -2.20. The van der Waals surface area contributed by atoms with Gasteiger partial charge in [-0.2, -0.15) is 0 Å². The van der Waals surface area contributed by atoms with E-state index in [2.05, 4.69) is 10.6 Å². The molecular weight excluding hydrogens is 259 g/mol. The second-order valence-corrected chi connectivity index (χ2v) is 6.01. The lowest BCUT2D eigenvalue weighted by molar-refractivity contribution is 0.0636. The van der Waals surface area contributed by atoms with Gasteiger partial charge < -0.3 is 10.1 Å². The Hall–Kier alpha value is -1.62. The van der Waals surface area contributed by atoms with Crippen LogP contribution in [0.1, 0.15) is 45.2 Å². The maximum absolute atomic E-state index is 13.8. The van der Waals surface area contributed by atoms with E-state index in [4.69, 9.17) is 4.74 Å². The minimum absolute atomic E-state index is 0.0235. The molecule has 2 N–H and O–H groups in total. The summed E-state index contributed by atoms with van der Waals surface area (Å²) >= 11 is 0. The van der Waals surface area contributed by atoms with Crippen LogP contribution in [0.15, 0.2) is 18.2 Å². The average Bonchev–Trinajstić information content (AvgIpc) is 2.82. The Morgan fingerprint density at radius 2 is 2.20 bits per heavy atom. The van der Waals surface area contributed by atoms with Crippen molar-refractivity contribution >= 4 is 11.8 Å². The second kappa shape index (κ2) is 5.79. The van der Waals surface area contributed by atoms with Crippen LogP contribution in [0.5, 0.6) is 0 Å². The zero-order chi connectivity index (χ0) is 14.8. The maximum Gasteiger partial charge on any atom is 0.412 e. The largest absolute Gasteiger partial charge is 0.444 e. The molecule has 1 aliphatic rings. The van der Waals surface area contributed by atoms with E-state index in [1.807, 2.05) is 0 Å². The van der Waals surface area contributed by atoms with E-state index < -0.39 is 11.7 Å². The lowest BCUT2D eigenvalue weighted by Crippen LogP contribution is -2.27. The fourth-order valence-corrected chi connectivity index (χ4v) is 2.26. The summed E-state index contributed by atoms with van der Waals surface area (Å²) in [7, 11) is 0. The SMILES string of the molecule is CC(C)(C)OC(=O)Nc1ccc(F)c(C2CCCN2)c1. The minimum Gasteiger partial charge on any atom is -0.444 e. The van der Waals surface area contributed by atoms with Gasteiger partial charge in [-0.25, -0.2) is 9.18 Å². The molecule has 4 nitrogen and oxygen atoms in total. The van der Waals surface area contributed by atoms with Crippen LogP contribution in [0.4, 0.5) is 14.9 Å². The Balaban J connectivity index is 2.09. The molecule has 0 aromatic heterocycles. The molecule has 2 rings (SSSR count). The fourth-order valence-electron chi connectivity index (χ4n) is 2.26. The summed E-state index contributed by atoms with van der Waals surface area (Å²) in [4.78, 5) is 11.7. The van der Waals surface area contributed by atoms with Crippen molar-refractivity contribution in [1.29, 1.82) is 0 Å². The molecule has 1 heterocycles. The number of nitrogens with one attached hydrogen (secondary N) is 2. The average molecular weight is 280 g/mol. The smallest absolute Gasteiger partial charge is 0.412 e. The summed E-state index contributed by atoms with van der Waals surface area (Å²) in [6.45, 7) is 6.29. The number of carbonyl (C=O) groups excluding carboxylic acids is 1. The van der Waals surface area contributed by atoms with Gasteiger partial charge >= 0.3 is 6.09 Å². The summed E-state index contributed by atoms with van der Waals surface area (Å²) in [5.74, 6) is -0.251. The van der Waals surface area contributed by atoms with Crippen LogP contribution in [-0.2, 0) is 4.74 Å². The van der Waals surface area contributed by atoms with Crippen molar-refractivity contribution < 1.29 is 13.9 Å². The molecule has 0 aliphatic carbocycles. The topological polar surface area (TPSA) is 50.4 Å². The van der Waals surface area contributed by atoms with Gasteiger partial charge in [-0.3, -0.25) is 5.32 Å². The van der Waals surface area contributed by atoms with E-state index >= 15 is 0 Å². The predicted molar refractivity (Wildman–Crippen MR) is 76.2 cm³/mol. The van der Waals surface area contributed by atoms with Crippen LogP contribution < -0.4 is 10.6 Å². The molecule has 0 radical (unpaired) electrons. The third-order valence-corrected chi connectivity index (χ3v) is 3.08. The van der Waals surface area contributed by atoms with Gasteiger partial charge in [0.2, 0.25) is 0 Å². The van der Waals surface area contributed by atoms with E-state index in [1.54, 1.807) is 26.8 Å². The highest BCUT2D eigenvalue weighted by atomic mass is 19.1. The Labute approximate surface area is 118 Å². The molecule has 20 heavy (non-hydrogen) atoms. The first-order chi connectivity index (χ1) is 9.35. The highest BCUT2D eigenvalue weighted by Gasteiger charge is 2.21. The number of carbonyl (C=O) groups is 1. The maximum atomic E-state index is 13.8. The fraction of sp³-hybridized carbons (Fsp3) is 0.533. The first-order valence-electron chi connectivity index (χ1n) is 6.88. The van der Waals surface area contributed by atoms with Crippen molar-refractivity contribution in [3.05, 3.63) is 29.6 Å². The summed E-state index contributed by atoms with van der Waals surface area (Å²) in [5, 5.41) is 5.88. The van der Waals surface area contributed by atoms with Gasteiger partial charge in [-0.15, -0.1) is 0 Å². The van der Waals surface area contributed by atoms with Gasteiger partial charge in [0.25, 0.3) is 0 Å². The highest BCUT2D eigenvalue weighted by Crippen LogP contribution is 2.27. The number of hydrogen-bond donors (Lipinski definition) is 2. The van der Waals surface area contributed by atoms with Crippen molar-refractivity contribution in [3.8, 4) is 0 Å². The Morgan fingerprint density at radius 1 is 1.45 bits per heavy atom. The molecule has 1 saturated heterocycles. The molecule has 0 spiro atoms. The molecule has 1 amide bonds.